The monoisotopic (exact) mass is 459 g/mol. The second-order valence-electron chi connectivity index (χ2n) is 8.26. The van der Waals surface area contributed by atoms with Crippen molar-refractivity contribution in [2.45, 2.75) is 37.9 Å². The second kappa shape index (κ2) is 9.62. The molecule has 2 amide bonds. The number of nitrogens with one attached hydrogen (secondary N) is 1. The maximum absolute atomic E-state index is 13.4. The molecule has 0 aliphatic carbocycles. The van der Waals surface area contributed by atoms with Crippen LogP contribution >= 0.6 is 0 Å². The largest absolute Gasteiger partial charge is 0.368 e. The molecule has 2 aliphatic heterocycles. The first-order chi connectivity index (χ1) is 15.8. The van der Waals surface area contributed by atoms with Crippen LogP contribution in [0.25, 0.3) is 0 Å². The summed E-state index contributed by atoms with van der Waals surface area (Å²) in [4.78, 5) is 26.8. The molecule has 2 aromatic carbocycles. The predicted molar refractivity (Wildman–Crippen MR) is 117 cm³/mol. The second-order valence-corrected chi connectivity index (χ2v) is 8.26. The van der Waals surface area contributed by atoms with E-state index in [9.17, 15) is 22.8 Å². The lowest BCUT2D eigenvalue weighted by Gasteiger charge is -2.32. The zero-order valence-corrected chi connectivity index (χ0v) is 17.8. The van der Waals surface area contributed by atoms with E-state index < -0.39 is 29.4 Å². The fraction of sp³-hybridized carbons (Fsp3) is 0.348. The highest BCUT2D eigenvalue weighted by Crippen LogP contribution is 2.25. The van der Waals surface area contributed by atoms with Gasteiger partial charge in [0, 0.05) is 32.1 Å². The Hall–Kier alpha value is -3.40. The normalized spacial score (nSPS) is 19.4. The van der Waals surface area contributed by atoms with Gasteiger partial charge in [0.15, 0.2) is 11.6 Å². The van der Waals surface area contributed by atoms with Crippen molar-refractivity contribution >= 4 is 23.2 Å². The maximum Gasteiger partial charge on any atom is 0.267 e. The molecule has 1 fully saturated rings. The summed E-state index contributed by atoms with van der Waals surface area (Å²) in [5.41, 5.74) is 6.83. The molecular weight excluding hydrogens is 435 g/mol. The van der Waals surface area contributed by atoms with Gasteiger partial charge in [0.2, 0.25) is 5.91 Å². The van der Waals surface area contributed by atoms with Crippen LogP contribution in [0.15, 0.2) is 47.6 Å². The number of benzene rings is 2. The molecule has 10 heteroatoms. The molecule has 4 rings (SSSR count). The Morgan fingerprint density at radius 3 is 2.36 bits per heavy atom. The zero-order chi connectivity index (χ0) is 23.5. The highest BCUT2D eigenvalue weighted by molar-refractivity contribution is 6.40. The van der Waals surface area contributed by atoms with Crippen LogP contribution in [0.5, 0.6) is 0 Å². The molecule has 2 heterocycles. The number of amides is 2. The van der Waals surface area contributed by atoms with E-state index in [-0.39, 0.29) is 24.1 Å². The van der Waals surface area contributed by atoms with Crippen molar-refractivity contribution in [3.05, 3.63) is 65.5 Å². The summed E-state index contributed by atoms with van der Waals surface area (Å²) in [5, 5.41) is 8.59. The number of carbonyl (C=O) groups is 2. The topological polar surface area (TPSA) is 91.0 Å². The van der Waals surface area contributed by atoms with Gasteiger partial charge in [0.05, 0.1) is 5.69 Å². The minimum atomic E-state index is -0.869. The van der Waals surface area contributed by atoms with Gasteiger partial charge in [-0.2, -0.15) is 5.10 Å². The fourth-order valence-corrected chi connectivity index (χ4v) is 4.10. The van der Waals surface area contributed by atoms with E-state index in [2.05, 4.69) is 15.3 Å². The molecule has 0 radical (unpaired) electrons. The van der Waals surface area contributed by atoms with Gasteiger partial charge in [0.25, 0.3) is 5.91 Å². The number of carbonyl (C=O) groups excluding carboxylic acids is 2. The van der Waals surface area contributed by atoms with Crippen LogP contribution in [0.1, 0.15) is 24.8 Å². The van der Waals surface area contributed by atoms with E-state index >= 15 is 0 Å². The van der Waals surface area contributed by atoms with Crippen molar-refractivity contribution in [3.63, 3.8) is 0 Å². The first kappa shape index (κ1) is 22.8. The highest BCUT2D eigenvalue weighted by Gasteiger charge is 2.35. The molecule has 2 aliphatic rings. The summed E-state index contributed by atoms with van der Waals surface area (Å²) >= 11 is 0. The zero-order valence-electron chi connectivity index (χ0n) is 17.8. The minimum absolute atomic E-state index is 0.0630. The predicted octanol–water partition coefficient (Wildman–Crippen LogP) is 2.30. The molecule has 2 aromatic rings. The molecule has 174 valence electrons. The molecule has 1 atom stereocenters. The Balaban J connectivity index is 1.33. The maximum atomic E-state index is 13.4. The van der Waals surface area contributed by atoms with Crippen LogP contribution in [0.3, 0.4) is 0 Å². The number of primary amides is 1. The summed E-state index contributed by atoms with van der Waals surface area (Å²) in [6.07, 6.45) is 1.43. The molecule has 7 nitrogen and oxygen atoms in total. The van der Waals surface area contributed by atoms with Crippen molar-refractivity contribution in [3.8, 4) is 0 Å². The Morgan fingerprint density at radius 2 is 1.73 bits per heavy atom. The van der Waals surface area contributed by atoms with Crippen LogP contribution in [0.4, 0.5) is 18.9 Å². The van der Waals surface area contributed by atoms with Crippen molar-refractivity contribution < 1.29 is 22.8 Å². The number of hydrogen-bond acceptors (Lipinski definition) is 5. The summed E-state index contributed by atoms with van der Waals surface area (Å²) in [6.45, 7) is 1.86. The number of rotatable bonds is 6. The number of hydrogen-bond donors (Lipinski definition) is 2. The van der Waals surface area contributed by atoms with Gasteiger partial charge >= 0.3 is 0 Å². The van der Waals surface area contributed by atoms with E-state index in [4.69, 9.17) is 5.73 Å². The van der Waals surface area contributed by atoms with Gasteiger partial charge in [-0.1, -0.05) is 6.07 Å². The number of anilines is 1. The van der Waals surface area contributed by atoms with Crippen molar-refractivity contribution in [1.82, 2.24) is 10.2 Å². The van der Waals surface area contributed by atoms with E-state index in [0.29, 0.717) is 43.7 Å². The number of likely N-dealkylation sites (tertiary alicyclic amines) is 1. The van der Waals surface area contributed by atoms with Gasteiger partial charge in [-0.15, -0.1) is 0 Å². The van der Waals surface area contributed by atoms with E-state index in [1.165, 1.54) is 35.3 Å². The number of halogens is 3. The lowest BCUT2D eigenvalue weighted by Crippen LogP contribution is -2.46. The molecule has 0 bridgehead atoms. The molecule has 33 heavy (non-hydrogen) atoms. The molecule has 3 N–H and O–H groups in total. The Kier molecular flexibility index (Phi) is 6.64. The molecule has 0 aromatic heterocycles. The van der Waals surface area contributed by atoms with Gasteiger partial charge in [0.1, 0.15) is 17.6 Å². The van der Waals surface area contributed by atoms with Crippen LogP contribution in [0.2, 0.25) is 0 Å². The lowest BCUT2D eigenvalue weighted by molar-refractivity contribution is -0.119. The summed E-state index contributed by atoms with van der Waals surface area (Å²) in [5.74, 6) is -3.16. The van der Waals surface area contributed by atoms with Crippen molar-refractivity contribution in [2.24, 2.45) is 10.8 Å². The van der Waals surface area contributed by atoms with Gasteiger partial charge < -0.3 is 11.1 Å². The number of piperidine rings is 1. The number of nitrogens with two attached hydrogens (primary N) is 1. The highest BCUT2D eigenvalue weighted by atomic mass is 19.2. The first-order valence-corrected chi connectivity index (χ1v) is 10.7. The number of hydrazone groups is 1. The molecule has 0 saturated carbocycles. The Labute approximate surface area is 189 Å². The van der Waals surface area contributed by atoms with E-state index in [0.717, 1.165) is 6.07 Å². The number of nitrogens with zero attached hydrogens (tertiary/aromatic N) is 3. The quantitative estimate of drug-likeness (QED) is 0.694. The third-order valence-corrected chi connectivity index (χ3v) is 5.91. The fourth-order valence-electron chi connectivity index (χ4n) is 4.10. The summed E-state index contributed by atoms with van der Waals surface area (Å²) < 4.78 is 39.8. The first-order valence-electron chi connectivity index (χ1n) is 10.7. The summed E-state index contributed by atoms with van der Waals surface area (Å²) in [7, 11) is 0. The van der Waals surface area contributed by atoms with E-state index in [1.807, 2.05) is 0 Å². The average Bonchev–Trinajstić information content (AvgIpc) is 3.24. The van der Waals surface area contributed by atoms with Gasteiger partial charge in [-0.05, 0) is 54.8 Å². The third-order valence-electron chi connectivity index (χ3n) is 5.91. The third kappa shape index (κ3) is 5.33. The Morgan fingerprint density at radius 1 is 1.03 bits per heavy atom. The van der Waals surface area contributed by atoms with Gasteiger partial charge in [-0.3, -0.25) is 19.5 Å². The lowest BCUT2D eigenvalue weighted by atomic mass is 10.0. The average molecular weight is 459 g/mol. The standard InChI is InChI=1S/C23H24F3N5O2/c24-15-2-4-17(5-3-15)31-21(22(27)32)12-20(29-31)23(33)28-16-7-9-30(10-8-16)13-14-1-6-18(25)19(26)11-14/h1-6,11,16,21H,7-10,12-13H2,(H2,27,32)(H,28,33). The van der Waals surface area contributed by atoms with Crippen molar-refractivity contribution in [2.75, 3.05) is 18.1 Å². The van der Waals surface area contributed by atoms with E-state index in [1.54, 1.807) is 6.07 Å². The molecule has 1 unspecified atom stereocenters. The molecular formula is C23H24F3N5O2. The smallest absolute Gasteiger partial charge is 0.267 e. The Bertz CT molecular complexity index is 1070. The SMILES string of the molecule is NC(=O)C1CC(C(=O)NC2CCN(Cc3ccc(F)c(F)c3)CC2)=NN1c1ccc(F)cc1. The molecule has 0 spiro atoms. The van der Waals surface area contributed by atoms with Crippen LogP contribution < -0.4 is 16.1 Å². The minimum Gasteiger partial charge on any atom is -0.368 e. The van der Waals surface area contributed by atoms with Gasteiger partial charge in [-0.25, -0.2) is 13.2 Å². The van der Waals surface area contributed by atoms with Crippen LogP contribution in [-0.2, 0) is 16.1 Å². The van der Waals surface area contributed by atoms with Crippen LogP contribution in [-0.4, -0.2) is 47.6 Å². The van der Waals surface area contributed by atoms with Crippen molar-refractivity contribution in [1.29, 1.82) is 0 Å². The summed E-state index contributed by atoms with van der Waals surface area (Å²) in [6, 6.07) is 8.41. The van der Waals surface area contributed by atoms with Crippen LogP contribution in [0, 0.1) is 17.5 Å². The molecule has 1 saturated heterocycles.